The zero-order chi connectivity index (χ0) is 13.8. The Balaban J connectivity index is 2.01. The quantitative estimate of drug-likeness (QED) is 0.863. The summed E-state index contributed by atoms with van der Waals surface area (Å²) in [6, 6.07) is 9.71. The van der Waals surface area contributed by atoms with Crippen molar-refractivity contribution >= 4 is 11.7 Å². The average molecular weight is 259 g/mol. The number of rotatable bonds is 5. The molecular formula is C15H17NO3. The van der Waals surface area contributed by atoms with Crippen LogP contribution in [0.3, 0.4) is 0 Å². The van der Waals surface area contributed by atoms with Crippen LogP contribution in [0.4, 0.5) is 5.69 Å². The molecule has 0 atom stereocenters. The number of hydrogen-bond acceptors (Lipinski definition) is 3. The lowest BCUT2D eigenvalue weighted by molar-refractivity contribution is 0.0695. The molecule has 1 heterocycles. The molecule has 2 rings (SSSR count). The fraction of sp³-hybridized carbons (Fsp3) is 0.267. The minimum atomic E-state index is -0.959. The number of benzene rings is 1. The lowest BCUT2D eigenvalue weighted by Crippen LogP contribution is -1.98. The van der Waals surface area contributed by atoms with E-state index in [4.69, 9.17) is 9.52 Å². The van der Waals surface area contributed by atoms with E-state index in [0.29, 0.717) is 18.1 Å². The van der Waals surface area contributed by atoms with Crippen LogP contribution in [0, 0.1) is 6.92 Å². The lowest BCUT2D eigenvalue weighted by atomic mass is 10.1. The van der Waals surface area contributed by atoms with Gasteiger partial charge in [0, 0.05) is 5.69 Å². The Bertz CT molecular complexity index is 570. The molecule has 0 bridgehead atoms. The van der Waals surface area contributed by atoms with Crippen molar-refractivity contribution in [1.82, 2.24) is 0 Å². The summed E-state index contributed by atoms with van der Waals surface area (Å²) in [6.07, 6.45) is 1.01. The van der Waals surface area contributed by atoms with Gasteiger partial charge in [0.25, 0.3) is 0 Å². The first-order valence-electron chi connectivity index (χ1n) is 6.25. The van der Waals surface area contributed by atoms with Crippen molar-refractivity contribution in [3.63, 3.8) is 0 Å². The second-order valence-corrected chi connectivity index (χ2v) is 4.39. The smallest absolute Gasteiger partial charge is 0.339 e. The molecule has 100 valence electrons. The van der Waals surface area contributed by atoms with Crippen molar-refractivity contribution in [3.05, 3.63) is 53.0 Å². The van der Waals surface area contributed by atoms with Gasteiger partial charge in [0.1, 0.15) is 17.1 Å². The van der Waals surface area contributed by atoms with Crippen LogP contribution in [-0.4, -0.2) is 11.1 Å². The van der Waals surface area contributed by atoms with Crippen LogP contribution in [-0.2, 0) is 13.0 Å². The number of nitrogens with one attached hydrogen (secondary N) is 1. The summed E-state index contributed by atoms with van der Waals surface area (Å²) in [5, 5.41) is 12.1. The fourth-order valence-corrected chi connectivity index (χ4v) is 1.89. The monoisotopic (exact) mass is 259 g/mol. The standard InChI is InChI=1S/C15H17NO3/c1-3-11-4-6-12(7-5-11)16-9-13-8-14(15(17)18)10(2)19-13/h4-8,16H,3,9H2,1-2H3,(H,17,18). The predicted molar refractivity (Wildman–Crippen MR) is 73.6 cm³/mol. The molecule has 4 nitrogen and oxygen atoms in total. The first-order chi connectivity index (χ1) is 9.10. The maximum atomic E-state index is 10.9. The number of hydrogen-bond donors (Lipinski definition) is 2. The molecular weight excluding hydrogens is 242 g/mol. The van der Waals surface area contributed by atoms with Gasteiger partial charge in [-0.25, -0.2) is 4.79 Å². The molecule has 19 heavy (non-hydrogen) atoms. The first kappa shape index (κ1) is 13.2. The van der Waals surface area contributed by atoms with Crippen LogP contribution in [0.5, 0.6) is 0 Å². The van der Waals surface area contributed by atoms with Gasteiger partial charge in [-0.05, 0) is 37.1 Å². The summed E-state index contributed by atoms with van der Waals surface area (Å²) < 4.78 is 5.40. The van der Waals surface area contributed by atoms with Gasteiger partial charge in [0.15, 0.2) is 0 Å². The minimum Gasteiger partial charge on any atom is -0.478 e. The third kappa shape index (κ3) is 3.16. The molecule has 0 radical (unpaired) electrons. The van der Waals surface area contributed by atoms with Crippen LogP contribution >= 0.6 is 0 Å². The summed E-state index contributed by atoms with van der Waals surface area (Å²) in [4.78, 5) is 10.9. The van der Waals surface area contributed by atoms with Crippen molar-refractivity contribution < 1.29 is 14.3 Å². The Morgan fingerprint density at radius 2 is 2.00 bits per heavy atom. The maximum absolute atomic E-state index is 10.9. The van der Waals surface area contributed by atoms with E-state index in [0.717, 1.165) is 12.1 Å². The molecule has 0 aliphatic heterocycles. The van der Waals surface area contributed by atoms with Gasteiger partial charge in [-0.1, -0.05) is 19.1 Å². The third-order valence-corrected chi connectivity index (χ3v) is 3.03. The van der Waals surface area contributed by atoms with Crippen molar-refractivity contribution in [3.8, 4) is 0 Å². The van der Waals surface area contributed by atoms with Gasteiger partial charge in [-0.15, -0.1) is 0 Å². The van der Waals surface area contributed by atoms with E-state index in [2.05, 4.69) is 24.4 Å². The Morgan fingerprint density at radius 3 is 2.53 bits per heavy atom. The molecule has 2 N–H and O–H groups in total. The average Bonchev–Trinajstić information content (AvgIpc) is 2.78. The van der Waals surface area contributed by atoms with E-state index in [-0.39, 0.29) is 5.56 Å². The molecule has 0 spiro atoms. The maximum Gasteiger partial charge on any atom is 0.339 e. The molecule has 0 saturated heterocycles. The SMILES string of the molecule is CCc1ccc(NCc2cc(C(=O)O)c(C)o2)cc1. The molecule has 4 heteroatoms. The lowest BCUT2D eigenvalue weighted by Gasteiger charge is -2.05. The van der Waals surface area contributed by atoms with Gasteiger partial charge in [-0.3, -0.25) is 0 Å². The van der Waals surface area contributed by atoms with E-state index in [1.807, 2.05) is 12.1 Å². The summed E-state index contributed by atoms with van der Waals surface area (Å²) in [6.45, 7) is 4.24. The Labute approximate surface area is 112 Å². The van der Waals surface area contributed by atoms with Crippen molar-refractivity contribution in [2.24, 2.45) is 0 Å². The first-order valence-corrected chi connectivity index (χ1v) is 6.25. The molecule has 0 aliphatic carbocycles. The molecule has 0 amide bonds. The van der Waals surface area contributed by atoms with Crippen molar-refractivity contribution in [2.75, 3.05) is 5.32 Å². The van der Waals surface area contributed by atoms with Gasteiger partial charge >= 0.3 is 5.97 Å². The normalized spacial score (nSPS) is 10.4. The van der Waals surface area contributed by atoms with Crippen LogP contribution < -0.4 is 5.32 Å². The number of aryl methyl sites for hydroxylation is 2. The number of carboxylic acids is 1. The highest BCUT2D eigenvalue weighted by Crippen LogP contribution is 2.17. The van der Waals surface area contributed by atoms with E-state index in [1.54, 1.807) is 13.0 Å². The van der Waals surface area contributed by atoms with Crippen molar-refractivity contribution in [1.29, 1.82) is 0 Å². The summed E-state index contributed by atoms with van der Waals surface area (Å²) in [7, 11) is 0. The highest BCUT2D eigenvalue weighted by Gasteiger charge is 2.13. The highest BCUT2D eigenvalue weighted by molar-refractivity contribution is 5.88. The van der Waals surface area contributed by atoms with Crippen LogP contribution in [0.25, 0.3) is 0 Å². The Hall–Kier alpha value is -2.23. The molecule has 0 saturated carbocycles. The fourth-order valence-electron chi connectivity index (χ4n) is 1.89. The molecule has 0 unspecified atom stereocenters. The zero-order valence-electron chi connectivity index (χ0n) is 11.1. The molecule has 0 fully saturated rings. The topological polar surface area (TPSA) is 62.5 Å². The molecule has 1 aromatic carbocycles. The van der Waals surface area contributed by atoms with Crippen LogP contribution in [0.1, 0.15) is 34.4 Å². The highest BCUT2D eigenvalue weighted by atomic mass is 16.4. The number of furan rings is 1. The van der Waals surface area contributed by atoms with Crippen LogP contribution in [0.15, 0.2) is 34.7 Å². The number of carboxylic acid groups (broad SMARTS) is 1. The molecule has 2 aromatic rings. The summed E-state index contributed by atoms with van der Waals surface area (Å²) in [5.74, 6) is 0.0971. The van der Waals surface area contributed by atoms with Gasteiger partial charge < -0.3 is 14.8 Å². The van der Waals surface area contributed by atoms with Gasteiger partial charge in [0.05, 0.1) is 6.54 Å². The Kier molecular flexibility index (Phi) is 3.90. The van der Waals surface area contributed by atoms with Crippen molar-refractivity contribution in [2.45, 2.75) is 26.8 Å². The predicted octanol–water partition coefficient (Wildman–Crippen LogP) is 3.46. The largest absolute Gasteiger partial charge is 0.478 e. The summed E-state index contributed by atoms with van der Waals surface area (Å²) >= 11 is 0. The number of anilines is 1. The number of aromatic carboxylic acids is 1. The van der Waals surface area contributed by atoms with Gasteiger partial charge in [-0.2, -0.15) is 0 Å². The van der Waals surface area contributed by atoms with Gasteiger partial charge in [0.2, 0.25) is 0 Å². The van der Waals surface area contributed by atoms with Crippen LogP contribution in [0.2, 0.25) is 0 Å². The minimum absolute atomic E-state index is 0.220. The van der Waals surface area contributed by atoms with E-state index in [9.17, 15) is 4.79 Å². The van der Waals surface area contributed by atoms with E-state index < -0.39 is 5.97 Å². The Morgan fingerprint density at radius 1 is 1.32 bits per heavy atom. The van der Waals surface area contributed by atoms with E-state index in [1.165, 1.54) is 5.56 Å². The van der Waals surface area contributed by atoms with E-state index >= 15 is 0 Å². The summed E-state index contributed by atoms with van der Waals surface area (Å²) in [5.41, 5.74) is 2.49. The molecule has 0 aliphatic rings. The molecule has 1 aromatic heterocycles. The number of carbonyl (C=O) groups is 1. The second-order valence-electron chi connectivity index (χ2n) is 4.39. The third-order valence-electron chi connectivity index (χ3n) is 3.03. The second kappa shape index (κ2) is 5.61. The zero-order valence-corrected chi connectivity index (χ0v) is 11.1.